The van der Waals surface area contributed by atoms with Gasteiger partial charge in [-0.2, -0.15) is 0 Å². The fourth-order valence-electron chi connectivity index (χ4n) is 8.21. The van der Waals surface area contributed by atoms with Gasteiger partial charge in [-0.15, -0.1) is 0 Å². The summed E-state index contributed by atoms with van der Waals surface area (Å²) < 4.78 is 0. The Morgan fingerprint density at radius 2 is 1.71 bits per heavy atom. The molecule has 0 aromatic carbocycles. The fourth-order valence-corrected chi connectivity index (χ4v) is 8.21. The molecule has 0 spiro atoms. The van der Waals surface area contributed by atoms with Crippen LogP contribution in [0.15, 0.2) is 11.6 Å². The molecule has 4 aliphatic rings. The zero-order valence-electron chi connectivity index (χ0n) is 19.4. The van der Waals surface area contributed by atoms with Gasteiger partial charge < -0.3 is 0 Å². The van der Waals surface area contributed by atoms with E-state index in [4.69, 9.17) is 0 Å². The molecule has 3 fully saturated rings. The molecule has 0 saturated heterocycles. The number of hydrogen-bond acceptors (Lipinski definition) is 1. The molecule has 28 heavy (non-hydrogen) atoms. The maximum absolute atomic E-state index is 12.3. The molecule has 0 aliphatic heterocycles. The van der Waals surface area contributed by atoms with Crippen LogP contribution >= 0.6 is 0 Å². The van der Waals surface area contributed by atoms with Gasteiger partial charge in [0.05, 0.1) is 0 Å². The van der Waals surface area contributed by atoms with Crippen LogP contribution in [0.2, 0.25) is 0 Å². The summed E-state index contributed by atoms with van der Waals surface area (Å²) in [6.07, 6.45) is 13.9. The molecule has 0 aromatic heterocycles. The SMILES string of the molecule is CC(C)[C@@H](C)CC[C@@H](C)[C@H]1CC[C@@H]2C3=CC[C@H]4CC(=O)C[C@]4(C)[C@@H]3CC[C@@]21C. The summed E-state index contributed by atoms with van der Waals surface area (Å²) in [5.41, 5.74) is 2.58. The second kappa shape index (κ2) is 7.28. The number of ketones is 1. The van der Waals surface area contributed by atoms with Crippen LogP contribution in [-0.2, 0) is 4.79 Å². The van der Waals surface area contributed by atoms with E-state index in [-0.39, 0.29) is 5.41 Å². The lowest BCUT2D eigenvalue weighted by molar-refractivity contribution is -0.118. The molecular weight excluding hydrogens is 340 g/mol. The summed E-state index contributed by atoms with van der Waals surface area (Å²) in [7, 11) is 0. The molecule has 4 rings (SSSR count). The monoisotopic (exact) mass is 384 g/mol. The third-order valence-electron chi connectivity index (χ3n) is 10.5. The molecule has 8 atom stereocenters. The molecule has 0 bridgehead atoms. The Bertz CT molecular complexity index is 645. The Hall–Kier alpha value is -0.590. The molecule has 4 aliphatic carbocycles. The lowest BCUT2D eigenvalue weighted by Gasteiger charge is -2.54. The highest BCUT2D eigenvalue weighted by atomic mass is 16.1. The number of allylic oxidation sites excluding steroid dienone is 2. The molecule has 158 valence electrons. The topological polar surface area (TPSA) is 17.1 Å². The second-order valence-corrected chi connectivity index (χ2v) is 12.2. The normalized spacial score (nSPS) is 44.7. The molecule has 1 heteroatoms. The minimum absolute atomic E-state index is 0.277. The van der Waals surface area contributed by atoms with Crippen molar-refractivity contribution in [2.24, 2.45) is 52.3 Å². The van der Waals surface area contributed by atoms with E-state index in [9.17, 15) is 4.79 Å². The Kier molecular flexibility index (Phi) is 5.37. The smallest absolute Gasteiger partial charge is 0.133 e. The summed E-state index contributed by atoms with van der Waals surface area (Å²) in [5, 5.41) is 0. The highest BCUT2D eigenvalue weighted by molar-refractivity contribution is 5.82. The molecule has 1 nitrogen and oxygen atoms in total. The van der Waals surface area contributed by atoms with Crippen LogP contribution in [0.1, 0.15) is 99.3 Å². The van der Waals surface area contributed by atoms with Crippen molar-refractivity contribution < 1.29 is 4.79 Å². The molecule has 0 aromatic rings. The van der Waals surface area contributed by atoms with Gasteiger partial charge in [0.15, 0.2) is 0 Å². The van der Waals surface area contributed by atoms with Crippen LogP contribution in [0.3, 0.4) is 0 Å². The van der Waals surface area contributed by atoms with E-state index in [2.05, 4.69) is 47.6 Å². The van der Waals surface area contributed by atoms with Gasteiger partial charge in [-0.3, -0.25) is 4.79 Å². The standard InChI is InChI=1S/C27H44O/c1-17(2)18(3)7-8-19(4)23-11-12-24-22-10-9-20-15-21(28)16-27(20,6)25(22)13-14-26(23,24)5/h10,17-20,23-25H,7-9,11-16H2,1-6H3/t18-,19+,20-,23+,24+,25+,26+,27-/m0/s1. The van der Waals surface area contributed by atoms with Crippen molar-refractivity contribution in [1.29, 1.82) is 0 Å². The van der Waals surface area contributed by atoms with Gasteiger partial charge in [-0.1, -0.05) is 66.0 Å². The van der Waals surface area contributed by atoms with Crippen LogP contribution in [0.25, 0.3) is 0 Å². The Morgan fingerprint density at radius 1 is 1.00 bits per heavy atom. The third kappa shape index (κ3) is 3.14. The van der Waals surface area contributed by atoms with Gasteiger partial charge in [0.1, 0.15) is 5.78 Å². The molecule has 0 amide bonds. The first-order valence-corrected chi connectivity index (χ1v) is 12.4. The van der Waals surface area contributed by atoms with Crippen LogP contribution in [0.5, 0.6) is 0 Å². The first-order chi connectivity index (χ1) is 13.2. The zero-order valence-corrected chi connectivity index (χ0v) is 19.4. The Labute approximate surface area is 174 Å². The third-order valence-corrected chi connectivity index (χ3v) is 10.5. The summed E-state index contributed by atoms with van der Waals surface area (Å²) in [5.74, 6) is 6.08. The zero-order chi connectivity index (χ0) is 20.3. The molecule has 0 N–H and O–H groups in total. The van der Waals surface area contributed by atoms with E-state index in [1.54, 1.807) is 5.57 Å². The van der Waals surface area contributed by atoms with E-state index in [1.165, 1.54) is 44.9 Å². The largest absolute Gasteiger partial charge is 0.300 e. The minimum atomic E-state index is 0.277. The first kappa shape index (κ1) is 20.7. The molecule has 0 radical (unpaired) electrons. The van der Waals surface area contributed by atoms with Crippen molar-refractivity contribution >= 4 is 5.78 Å². The summed E-state index contributed by atoms with van der Waals surface area (Å²) >= 11 is 0. The average molecular weight is 385 g/mol. The van der Waals surface area contributed by atoms with Crippen molar-refractivity contribution in [3.63, 3.8) is 0 Å². The van der Waals surface area contributed by atoms with Gasteiger partial charge in [0.25, 0.3) is 0 Å². The van der Waals surface area contributed by atoms with Crippen LogP contribution in [-0.4, -0.2) is 5.78 Å². The van der Waals surface area contributed by atoms with Gasteiger partial charge in [-0.05, 0) is 84.4 Å². The summed E-state index contributed by atoms with van der Waals surface area (Å²) in [4.78, 5) is 12.3. The van der Waals surface area contributed by atoms with E-state index < -0.39 is 0 Å². The maximum atomic E-state index is 12.3. The van der Waals surface area contributed by atoms with Crippen molar-refractivity contribution in [3.05, 3.63) is 11.6 Å². The average Bonchev–Trinajstić information content (AvgIpc) is 3.14. The quantitative estimate of drug-likeness (QED) is 0.450. The van der Waals surface area contributed by atoms with E-state index in [1.807, 2.05) is 0 Å². The molecule has 3 saturated carbocycles. The number of carbonyl (C=O) groups excluding carboxylic acids is 1. The Balaban J connectivity index is 1.50. The van der Waals surface area contributed by atoms with Crippen LogP contribution < -0.4 is 0 Å². The van der Waals surface area contributed by atoms with E-state index in [0.29, 0.717) is 23.0 Å². The number of carbonyl (C=O) groups is 1. The van der Waals surface area contributed by atoms with Gasteiger partial charge >= 0.3 is 0 Å². The highest BCUT2D eigenvalue weighted by Crippen LogP contribution is 2.67. The van der Waals surface area contributed by atoms with Gasteiger partial charge in [-0.25, -0.2) is 0 Å². The predicted molar refractivity (Wildman–Crippen MR) is 118 cm³/mol. The first-order valence-electron chi connectivity index (χ1n) is 12.4. The number of rotatable bonds is 5. The van der Waals surface area contributed by atoms with Crippen molar-refractivity contribution in [1.82, 2.24) is 0 Å². The van der Waals surface area contributed by atoms with Gasteiger partial charge in [0.2, 0.25) is 0 Å². The highest BCUT2D eigenvalue weighted by Gasteiger charge is 2.59. The van der Waals surface area contributed by atoms with E-state index >= 15 is 0 Å². The van der Waals surface area contributed by atoms with Crippen molar-refractivity contribution in [2.45, 2.75) is 99.3 Å². The fraction of sp³-hybridized carbons (Fsp3) is 0.889. The molecule has 0 heterocycles. The predicted octanol–water partition coefficient (Wildman–Crippen LogP) is 7.45. The molecular formula is C27H44O. The second-order valence-electron chi connectivity index (χ2n) is 12.2. The summed E-state index contributed by atoms with van der Waals surface area (Å²) in [6.45, 7) is 14.9. The van der Waals surface area contributed by atoms with Crippen molar-refractivity contribution in [3.8, 4) is 0 Å². The number of Topliss-reactive ketones (excluding diaryl/α,β-unsaturated/α-hetero) is 1. The maximum Gasteiger partial charge on any atom is 0.133 e. The van der Waals surface area contributed by atoms with Gasteiger partial charge in [0, 0.05) is 12.8 Å². The van der Waals surface area contributed by atoms with E-state index in [0.717, 1.165) is 42.4 Å². The summed E-state index contributed by atoms with van der Waals surface area (Å²) in [6, 6.07) is 0. The lowest BCUT2D eigenvalue weighted by atomic mass is 9.50. The number of hydrogen-bond donors (Lipinski definition) is 0. The molecule has 0 unspecified atom stereocenters. The minimum Gasteiger partial charge on any atom is -0.300 e. The lowest BCUT2D eigenvalue weighted by Crippen LogP contribution is -2.46. The van der Waals surface area contributed by atoms with Crippen molar-refractivity contribution in [2.75, 3.05) is 0 Å². The van der Waals surface area contributed by atoms with Crippen LogP contribution in [0, 0.1) is 52.3 Å². The Morgan fingerprint density at radius 3 is 2.43 bits per heavy atom. The van der Waals surface area contributed by atoms with Crippen LogP contribution in [0.4, 0.5) is 0 Å². The number of fused-ring (bicyclic) bond motifs is 5.